The van der Waals surface area contributed by atoms with Gasteiger partial charge in [0.1, 0.15) is 47.1 Å². The van der Waals surface area contributed by atoms with E-state index >= 15 is 0 Å². The van der Waals surface area contributed by atoms with E-state index in [1.165, 1.54) is 0 Å². The summed E-state index contributed by atoms with van der Waals surface area (Å²) in [5.74, 6) is 1.80. The van der Waals surface area contributed by atoms with Crippen LogP contribution in [0.2, 0.25) is 0 Å². The number of aromatic nitrogens is 5. The van der Waals surface area contributed by atoms with Gasteiger partial charge < -0.3 is 9.13 Å². The topological polar surface area (TPSA) is 48.5 Å². The largest absolute Gasteiger partial charge is 0.308 e. The third-order valence-electron chi connectivity index (χ3n) is 12.0. The van der Waals surface area contributed by atoms with Gasteiger partial charge in [-0.2, -0.15) is 0 Å². The molecule has 0 fully saturated rings. The van der Waals surface area contributed by atoms with Crippen molar-refractivity contribution in [2.24, 2.45) is 0 Å². The van der Waals surface area contributed by atoms with Crippen LogP contribution in [0.15, 0.2) is 152 Å². The first kappa shape index (κ1) is 37.7. The predicted molar refractivity (Wildman–Crippen MR) is 270 cm³/mol. The third kappa shape index (κ3) is 5.74. The number of thiophene rings is 1. The minimum Gasteiger partial charge on any atom is -0.308 e. The Morgan fingerprint density at radius 3 is 1.46 bits per heavy atom. The number of fused-ring (bicyclic) bond motifs is 10. The van der Waals surface area contributed by atoms with E-state index in [0.29, 0.717) is 50.3 Å². The van der Waals surface area contributed by atoms with Crippen LogP contribution in [0, 0.1) is 0 Å². The van der Waals surface area contributed by atoms with Crippen molar-refractivity contribution in [3.63, 3.8) is 0 Å². The van der Waals surface area contributed by atoms with E-state index in [0.717, 1.165) is 91.8 Å². The van der Waals surface area contributed by atoms with Crippen LogP contribution in [-0.4, -0.2) is 71.2 Å². The molecule has 0 unspecified atom stereocenters. The molecule has 4 heterocycles. The van der Waals surface area contributed by atoms with Crippen LogP contribution in [0.4, 0.5) is 0 Å². The van der Waals surface area contributed by atoms with Gasteiger partial charge >= 0.3 is 0 Å². The number of nitrogens with zero attached hydrogens (tertiary/aromatic N) is 5. The summed E-state index contributed by atoms with van der Waals surface area (Å²) in [6.45, 7) is 0. The maximum Gasteiger partial charge on any atom is 0.165 e. The maximum atomic E-state index is 7.16. The number of rotatable bonds is 5. The lowest BCUT2D eigenvalue weighted by molar-refractivity contribution is 1.08. The van der Waals surface area contributed by atoms with Gasteiger partial charge in [0.2, 0.25) is 0 Å². The van der Waals surface area contributed by atoms with Crippen molar-refractivity contribution in [2.45, 2.75) is 0 Å². The van der Waals surface area contributed by atoms with Gasteiger partial charge in [0.15, 0.2) is 17.5 Å². The fraction of sp³-hybridized carbons (Fsp3) is 0. The minimum atomic E-state index is 0.411. The highest BCUT2D eigenvalue weighted by atomic mass is 32.1. The third-order valence-corrected chi connectivity index (χ3v) is 13.2. The predicted octanol–water partition coefficient (Wildman–Crippen LogP) is 6.20. The molecule has 278 valence electrons. The molecule has 0 atom stereocenters. The Morgan fingerprint density at radius 1 is 0.397 bits per heavy atom. The van der Waals surface area contributed by atoms with Crippen molar-refractivity contribution in [3.8, 4) is 45.5 Å². The Morgan fingerprint density at radius 2 is 0.905 bits per heavy atom. The van der Waals surface area contributed by atoms with Crippen molar-refractivity contribution in [2.75, 3.05) is 0 Å². The van der Waals surface area contributed by atoms with Crippen molar-refractivity contribution in [1.82, 2.24) is 24.1 Å². The van der Waals surface area contributed by atoms with Crippen LogP contribution in [0.25, 0.3) is 109 Å². The van der Waals surface area contributed by atoms with E-state index in [1.54, 1.807) is 23.5 Å². The Labute approximate surface area is 374 Å². The summed E-state index contributed by atoms with van der Waals surface area (Å²) in [7, 11) is 41.1. The van der Waals surface area contributed by atoms with Gasteiger partial charge in [-0.25, -0.2) is 15.0 Å². The van der Waals surface area contributed by atoms with Gasteiger partial charge in [0.05, 0.1) is 11.0 Å². The molecule has 12 rings (SSSR count). The molecule has 5 nitrogen and oxygen atoms in total. The highest BCUT2D eigenvalue weighted by Gasteiger charge is 2.26. The van der Waals surface area contributed by atoms with Gasteiger partial charge in [-0.1, -0.05) is 154 Å². The molecule has 0 saturated carbocycles. The summed E-state index contributed by atoms with van der Waals surface area (Å²) in [5.41, 5.74) is 10.5. The lowest BCUT2D eigenvalue weighted by atomic mass is 9.74. The molecule has 0 spiro atoms. The number of hydrogen-bond acceptors (Lipinski definition) is 4. The average molecular weight is 805 g/mol. The SMILES string of the molecule is [B]c1cc([B])c2c(c1)c1c([B])c([B])c3c4cc([B])cc([B])c4n(-c4ccc5c(c4)sc4c(-c6nc(-c7ccccc7)nc(-c7ccccc7)n6)cccc45)c3c1n2-c1ccccc1. The lowest BCUT2D eigenvalue weighted by Gasteiger charge is -2.16. The zero-order valence-corrected chi connectivity index (χ0v) is 34.4. The number of hydrogen-bond donors (Lipinski definition) is 0. The van der Waals surface area contributed by atoms with E-state index in [2.05, 4.69) is 45.5 Å². The van der Waals surface area contributed by atoms with Crippen molar-refractivity contribution >= 4 is 155 Å². The van der Waals surface area contributed by atoms with Crippen LogP contribution in [0.5, 0.6) is 0 Å². The molecule has 0 aliphatic rings. The highest BCUT2D eigenvalue weighted by molar-refractivity contribution is 7.26. The molecule has 8 aromatic carbocycles. The van der Waals surface area contributed by atoms with E-state index in [-0.39, 0.29) is 0 Å². The highest BCUT2D eigenvalue weighted by Crippen LogP contribution is 2.43. The van der Waals surface area contributed by atoms with Crippen LogP contribution in [0.1, 0.15) is 0 Å². The standard InChI is InChI=1S/C51H25B6N5S/c52-28-21-35-40-42(56)43(57)41-36-22-29(53)24-38(55)45(36)62(47(41)46(40)61(44(35)37(54)23-28)30-15-8-3-9-16-30)31-19-20-32-33-17-10-18-34(48(33)63-39(32)25-31)51-59-49(26-11-4-1-5-12-26)58-50(60-51)27-13-6-2-7-14-27/h1-25H. The Kier molecular flexibility index (Phi) is 8.54. The second-order valence-corrected chi connectivity index (χ2v) is 16.8. The van der Waals surface area contributed by atoms with Crippen LogP contribution >= 0.6 is 11.3 Å². The molecular formula is C51H25B6N5S. The van der Waals surface area contributed by atoms with Gasteiger partial charge in [-0.3, -0.25) is 0 Å². The fourth-order valence-electron chi connectivity index (χ4n) is 9.33. The average Bonchev–Trinajstić information content (AvgIpc) is 3.97. The molecule has 4 aromatic heterocycles. The number of benzene rings is 8. The molecular weight excluding hydrogens is 780 g/mol. The maximum absolute atomic E-state index is 7.16. The van der Waals surface area contributed by atoms with E-state index in [4.69, 9.17) is 62.0 Å². The Bertz CT molecular complexity index is 3810. The van der Waals surface area contributed by atoms with Crippen molar-refractivity contribution in [1.29, 1.82) is 0 Å². The van der Waals surface area contributed by atoms with Gasteiger partial charge in [-0.15, -0.1) is 11.3 Å². The van der Waals surface area contributed by atoms with Gasteiger partial charge in [0.25, 0.3) is 0 Å². The fourth-order valence-corrected chi connectivity index (χ4v) is 10.6. The number of para-hydroxylation sites is 1. The Balaban J connectivity index is 1.16. The molecule has 0 amide bonds. The summed E-state index contributed by atoms with van der Waals surface area (Å²) in [6.07, 6.45) is 0. The summed E-state index contributed by atoms with van der Waals surface area (Å²) in [6, 6.07) is 50.3. The monoisotopic (exact) mass is 805 g/mol. The first-order chi connectivity index (χ1) is 30.7. The second kappa shape index (κ2) is 14.3. The van der Waals surface area contributed by atoms with Gasteiger partial charge in [-0.05, 0) is 30.3 Å². The van der Waals surface area contributed by atoms with Gasteiger partial charge in [0, 0.05) is 80.8 Å². The summed E-state index contributed by atoms with van der Waals surface area (Å²) < 4.78 is 6.45. The molecule has 12 aromatic rings. The second-order valence-electron chi connectivity index (χ2n) is 15.8. The molecule has 0 bridgehead atoms. The zero-order chi connectivity index (χ0) is 42.7. The smallest absolute Gasteiger partial charge is 0.165 e. The summed E-state index contributed by atoms with van der Waals surface area (Å²) in [4.78, 5) is 15.1. The molecule has 0 saturated heterocycles. The summed E-state index contributed by atoms with van der Waals surface area (Å²) in [5, 5.41) is 5.23. The van der Waals surface area contributed by atoms with Crippen molar-refractivity contribution < 1.29 is 0 Å². The van der Waals surface area contributed by atoms with Crippen LogP contribution in [0.3, 0.4) is 0 Å². The molecule has 12 radical (unpaired) electrons. The molecule has 0 aliphatic carbocycles. The molecule has 0 N–H and O–H groups in total. The summed E-state index contributed by atoms with van der Waals surface area (Å²) >= 11 is 1.69. The Hall–Kier alpha value is -7.02. The van der Waals surface area contributed by atoms with E-state index < -0.39 is 0 Å². The van der Waals surface area contributed by atoms with E-state index in [1.807, 2.05) is 103 Å². The van der Waals surface area contributed by atoms with Crippen LogP contribution in [-0.2, 0) is 0 Å². The molecule has 0 aliphatic heterocycles. The quantitative estimate of drug-likeness (QED) is 0.195. The minimum absolute atomic E-state index is 0.411. The van der Waals surface area contributed by atoms with E-state index in [9.17, 15) is 0 Å². The molecule has 63 heavy (non-hydrogen) atoms. The van der Waals surface area contributed by atoms with Crippen LogP contribution < -0.4 is 32.8 Å². The van der Waals surface area contributed by atoms with Crippen molar-refractivity contribution in [3.05, 3.63) is 152 Å². The normalized spacial score (nSPS) is 11.9. The zero-order valence-electron chi connectivity index (χ0n) is 33.5. The first-order valence-corrected chi connectivity index (χ1v) is 21.2. The molecule has 12 heteroatoms. The first-order valence-electron chi connectivity index (χ1n) is 20.3. The lowest BCUT2D eigenvalue weighted by Crippen LogP contribution is -2.27.